The summed E-state index contributed by atoms with van der Waals surface area (Å²) >= 11 is 12.1. The van der Waals surface area contributed by atoms with Crippen LogP contribution in [-0.4, -0.2) is 15.8 Å². The zero-order valence-electron chi connectivity index (χ0n) is 15.2. The summed E-state index contributed by atoms with van der Waals surface area (Å²) < 4.78 is 20.5. The van der Waals surface area contributed by atoms with Crippen molar-refractivity contribution in [1.29, 1.82) is 0 Å². The standard InChI is InChI=1S/C21H19Cl2FN2O2/c1-14-11-19(9-10-20(24)27)25-26(14)21(16-3-2-4-18(23)12-16)28-13-15-5-7-17(22)8-6-15/h2-8,11-12,21H,9-10,13H2,1H3. The quantitative estimate of drug-likeness (QED) is 0.439. The summed E-state index contributed by atoms with van der Waals surface area (Å²) in [6, 6.07) is 15.2. The van der Waals surface area contributed by atoms with E-state index in [2.05, 4.69) is 5.10 Å². The number of carbonyl (C=O) groups excluding carboxylic acids is 1. The molecule has 7 heteroatoms. The van der Waals surface area contributed by atoms with E-state index in [4.69, 9.17) is 27.9 Å². The van der Waals surface area contributed by atoms with E-state index < -0.39 is 12.3 Å². The Kier molecular flexibility index (Phi) is 6.83. The van der Waals surface area contributed by atoms with Crippen LogP contribution >= 0.6 is 23.2 Å². The highest BCUT2D eigenvalue weighted by atomic mass is 35.5. The molecule has 0 amide bonds. The molecular weight excluding hydrogens is 402 g/mol. The number of benzene rings is 2. The molecule has 3 rings (SSSR count). The van der Waals surface area contributed by atoms with Crippen LogP contribution in [0.5, 0.6) is 0 Å². The Morgan fingerprint density at radius 3 is 2.57 bits per heavy atom. The van der Waals surface area contributed by atoms with E-state index in [9.17, 15) is 9.18 Å². The Balaban J connectivity index is 1.87. The highest BCUT2D eigenvalue weighted by molar-refractivity contribution is 6.30. The summed E-state index contributed by atoms with van der Waals surface area (Å²) in [6.45, 7) is 2.23. The van der Waals surface area contributed by atoms with Gasteiger partial charge in [0.1, 0.15) is 0 Å². The third kappa shape index (κ3) is 5.41. The fourth-order valence-corrected chi connectivity index (χ4v) is 3.19. The number of nitrogens with zero attached hydrogens (tertiary/aromatic N) is 2. The maximum Gasteiger partial charge on any atom is 0.301 e. The van der Waals surface area contributed by atoms with Crippen LogP contribution in [0.3, 0.4) is 0 Å². The largest absolute Gasteiger partial charge is 0.347 e. The summed E-state index contributed by atoms with van der Waals surface area (Å²) in [7, 11) is 0. The van der Waals surface area contributed by atoms with Crippen LogP contribution in [0.1, 0.15) is 35.2 Å². The Hall–Kier alpha value is -2.21. The van der Waals surface area contributed by atoms with Crippen molar-refractivity contribution < 1.29 is 13.9 Å². The van der Waals surface area contributed by atoms with E-state index in [1.54, 1.807) is 22.9 Å². The predicted molar refractivity (Wildman–Crippen MR) is 107 cm³/mol. The third-order valence-corrected chi connectivity index (χ3v) is 4.71. The highest BCUT2D eigenvalue weighted by Crippen LogP contribution is 2.26. The zero-order chi connectivity index (χ0) is 20.1. The van der Waals surface area contributed by atoms with Gasteiger partial charge in [0.15, 0.2) is 6.23 Å². The van der Waals surface area contributed by atoms with Gasteiger partial charge in [-0.05, 0) is 42.8 Å². The third-order valence-electron chi connectivity index (χ3n) is 4.23. The smallest absolute Gasteiger partial charge is 0.301 e. The molecule has 1 aromatic heterocycles. The minimum absolute atomic E-state index is 0.191. The minimum Gasteiger partial charge on any atom is -0.347 e. The second kappa shape index (κ2) is 9.32. The molecule has 0 spiro atoms. The molecule has 1 atom stereocenters. The van der Waals surface area contributed by atoms with Gasteiger partial charge in [0, 0.05) is 34.1 Å². The van der Waals surface area contributed by atoms with Gasteiger partial charge in [-0.25, -0.2) is 4.68 Å². The van der Waals surface area contributed by atoms with Gasteiger partial charge in [0.05, 0.1) is 12.3 Å². The SMILES string of the molecule is Cc1cc(CCC(=O)F)nn1C(OCc1ccc(Cl)cc1)c1cccc(Cl)c1. The summed E-state index contributed by atoms with van der Waals surface area (Å²) in [6.07, 6.45) is -0.476. The topological polar surface area (TPSA) is 44.1 Å². The number of halogens is 3. The van der Waals surface area contributed by atoms with Crippen LogP contribution in [-0.2, 0) is 22.6 Å². The Labute approximate surface area is 172 Å². The van der Waals surface area contributed by atoms with Crippen LogP contribution < -0.4 is 0 Å². The van der Waals surface area contributed by atoms with Gasteiger partial charge >= 0.3 is 6.04 Å². The van der Waals surface area contributed by atoms with Crippen molar-refractivity contribution in [2.24, 2.45) is 0 Å². The van der Waals surface area contributed by atoms with Crippen LogP contribution in [0.25, 0.3) is 0 Å². The molecule has 1 unspecified atom stereocenters. The summed E-state index contributed by atoms with van der Waals surface area (Å²) in [4.78, 5) is 10.6. The Morgan fingerprint density at radius 2 is 1.89 bits per heavy atom. The van der Waals surface area contributed by atoms with Gasteiger partial charge in [-0.3, -0.25) is 4.79 Å². The van der Waals surface area contributed by atoms with Gasteiger partial charge in [-0.2, -0.15) is 9.49 Å². The van der Waals surface area contributed by atoms with Crippen molar-refractivity contribution in [2.45, 2.75) is 32.6 Å². The Bertz CT molecular complexity index is 957. The fraction of sp³-hybridized carbons (Fsp3) is 0.238. The first-order valence-electron chi connectivity index (χ1n) is 8.77. The number of rotatable bonds is 8. The van der Waals surface area contributed by atoms with Crippen molar-refractivity contribution in [3.63, 3.8) is 0 Å². The molecule has 0 radical (unpaired) electrons. The summed E-state index contributed by atoms with van der Waals surface area (Å²) in [5.41, 5.74) is 3.26. The maximum atomic E-state index is 12.6. The van der Waals surface area contributed by atoms with E-state index in [0.717, 1.165) is 16.8 Å². The van der Waals surface area contributed by atoms with E-state index in [-0.39, 0.29) is 12.8 Å². The number of carbonyl (C=O) groups is 1. The number of hydrogen-bond acceptors (Lipinski definition) is 3. The first-order valence-corrected chi connectivity index (χ1v) is 9.53. The van der Waals surface area contributed by atoms with Crippen molar-refractivity contribution in [1.82, 2.24) is 9.78 Å². The van der Waals surface area contributed by atoms with Crippen molar-refractivity contribution >= 4 is 29.2 Å². The molecular formula is C21H19Cl2FN2O2. The molecule has 28 heavy (non-hydrogen) atoms. The lowest BCUT2D eigenvalue weighted by Crippen LogP contribution is -2.17. The van der Waals surface area contributed by atoms with Gasteiger partial charge in [-0.1, -0.05) is 47.5 Å². The molecule has 3 aromatic rings. The Morgan fingerprint density at radius 1 is 1.14 bits per heavy atom. The molecule has 0 bridgehead atoms. The van der Waals surface area contributed by atoms with Gasteiger partial charge in [-0.15, -0.1) is 0 Å². The molecule has 0 aliphatic carbocycles. The fourth-order valence-electron chi connectivity index (χ4n) is 2.86. The lowest BCUT2D eigenvalue weighted by Gasteiger charge is -2.21. The maximum absolute atomic E-state index is 12.6. The van der Waals surface area contributed by atoms with Gasteiger partial charge in [0.2, 0.25) is 0 Å². The molecule has 0 saturated heterocycles. The molecule has 0 N–H and O–H groups in total. The molecule has 0 aliphatic heterocycles. The van der Waals surface area contributed by atoms with Crippen molar-refractivity contribution in [2.75, 3.05) is 0 Å². The summed E-state index contributed by atoms with van der Waals surface area (Å²) in [5, 5.41) is 5.77. The van der Waals surface area contributed by atoms with Gasteiger partial charge in [0.25, 0.3) is 0 Å². The molecule has 1 heterocycles. The lowest BCUT2D eigenvalue weighted by molar-refractivity contribution is -0.129. The second-order valence-corrected chi connectivity index (χ2v) is 7.29. The van der Waals surface area contributed by atoms with Crippen LogP contribution in [0.4, 0.5) is 4.39 Å². The molecule has 0 aliphatic rings. The van der Waals surface area contributed by atoms with Crippen LogP contribution in [0.2, 0.25) is 10.0 Å². The predicted octanol–water partition coefficient (Wildman–Crippen LogP) is 5.69. The van der Waals surface area contributed by atoms with E-state index in [1.807, 2.05) is 43.3 Å². The number of aryl methyl sites for hydroxylation is 2. The zero-order valence-corrected chi connectivity index (χ0v) is 16.8. The monoisotopic (exact) mass is 420 g/mol. The highest BCUT2D eigenvalue weighted by Gasteiger charge is 2.19. The van der Waals surface area contributed by atoms with E-state index in [0.29, 0.717) is 22.3 Å². The second-order valence-electron chi connectivity index (χ2n) is 6.42. The number of aromatic nitrogens is 2. The van der Waals surface area contributed by atoms with Crippen molar-refractivity contribution in [3.05, 3.63) is 87.2 Å². The first kappa shape index (κ1) is 20.5. The van der Waals surface area contributed by atoms with E-state index in [1.165, 1.54) is 0 Å². The first-order chi connectivity index (χ1) is 13.4. The molecule has 4 nitrogen and oxygen atoms in total. The molecule has 0 saturated carbocycles. The molecule has 2 aromatic carbocycles. The normalized spacial score (nSPS) is 12.1. The van der Waals surface area contributed by atoms with Crippen LogP contribution in [0.15, 0.2) is 54.6 Å². The summed E-state index contributed by atoms with van der Waals surface area (Å²) in [5.74, 6) is 0. The van der Waals surface area contributed by atoms with Gasteiger partial charge < -0.3 is 4.74 Å². The number of ether oxygens (including phenoxy) is 1. The van der Waals surface area contributed by atoms with Crippen molar-refractivity contribution in [3.8, 4) is 0 Å². The number of hydrogen-bond donors (Lipinski definition) is 0. The lowest BCUT2D eigenvalue weighted by atomic mass is 10.2. The van der Waals surface area contributed by atoms with Crippen LogP contribution in [0, 0.1) is 6.92 Å². The molecule has 146 valence electrons. The van der Waals surface area contributed by atoms with E-state index >= 15 is 0 Å². The minimum atomic E-state index is -1.35. The average Bonchev–Trinajstić information content (AvgIpc) is 3.02. The average molecular weight is 421 g/mol. The molecule has 0 fully saturated rings.